The van der Waals surface area contributed by atoms with Crippen LogP contribution in [0.2, 0.25) is 0 Å². The molecule has 1 unspecified atom stereocenters. The fourth-order valence-electron chi connectivity index (χ4n) is 2.02. The van der Waals surface area contributed by atoms with Crippen molar-refractivity contribution in [1.29, 1.82) is 0 Å². The average Bonchev–Trinajstić information content (AvgIpc) is 2.44. The Kier molecular flexibility index (Phi) is 8.19. The Hall–Kier alpha value is -0.680. The molecule has 0 heterocycles. The van der Waals surface area contributed by atoms with E-state index in [4.69, 9.17) is 0 Å². The maximum absolute atomic E-state index is 12.5. The molecule has 0 aliphatic heterocycles. The van der Waals surface area contributed by atoms with E-state index < -0.39 is 11.7 Å². The molecule has 5 heteroatoms. The van der Waals surface area contributed by atoms with Crippen LogP contribution in [-0.2, 0) is 12.6 Å². The molecule has 120 valence electrons. The van der Waals surface area contributed by atoms with Crippen LogP contribution in [0.25, 0.3) is 0 Å². The van der Waals surface area contributed by atoms with E-state index in [-0.39, 0.29) is 0 Å². The molecule has 21 heavy (non-hydrogen) atoms. The number of alkyl halides is 3. The lowest BCUT2D eigenvalue weighted by molar-refractivity contribution is -0.137. The summed E-state index contributed by atoms with van der Waals surface area (Å²) in [6, 6.07) is 5.84. The van der Waals surface area contributed by atoms with Gasteiger partial charge in [-0.3, -0.25) is 0 Å². The van der Waals surface area contributed by atoms with Gasteiger partial charge in [-0.1, -0.05) is 26.0 Å². The van der Waals surface area contributed by atoms with Crippen LogP contribution >= 0.6 is 11.8 Å². The average molecular weight is 319 g/mol. The molecule has 1 N–H and O–H groups in total. The topological polar surface area (TPSA) is 12.0 Å². The molecule has 0 bridgehead atoms. The Morgan fingerprint density at radius 1 is 1.10 bits per heavy atom. The Bertz CT molecular complexity index is 390. The van der Waals surface area contributed by atoms with Gasteiger partial charge in [-0.2, -0.15) is 24.9 Å². The van der Waals surface area contributed by atoms with Crippen LogP contribution in [0.4, 0.5) is 13.2 Å². The highest BCUT2D eigenvalue weighted by Gasteiger charge is 2.29. The van der Waals surface area contributed by atoms with E-state index in [0.29, 0.717) is 6.04 Å². The number of thioether (sulfide) groups is 1. The SMILES string of the molecule is CCCNC(CSCCC)Cc1ccc(C(F)(F)F)cc1. The summed E-state index contributed by atoms with van der Waals surface area (Å²) >= 11 is 1.90. The van der Waals surface area contributed by atoms with Gasteiger partial charge in [-0.15, -0.1) is 0 Å². The van der Waals surface area contributed by atoms with Gasteiger partial charge in [-0.05, 0) is 49.3 Å². The summed E-state index contributed by atoms with van der Waals surface area (Å²) < 4.78 is 37.6. The molecule has 0 aliphatic carbocycles. The van der Waals surface area contributed by atoms with Crippen LogP contribution in [0.3, 0.4) is 0 Å². The van der Waals surface area contributed by atoms with Gasteiger partial charge >= 0.3 is 6.18 Å². The van der Waals surface area contributed by atoms with Gasteiger partial charge in [-0.25, -0.2) is 0 Å². The quantitative estimate of drug-likeness (QED) is 0.659. The second-order valence-corrected chi connectivity index (χ2v) is 6.27. The van der Waals surface area contributed by atoms with Crippen molar-refractivity contribution < 1.29 is 13.2 Å². The molecule has 0 fully saturated rings. The van der Waals surface area contributed by atoms with E-state index in [1.807, 2.05) is 11.8 Å². The summed E-state index contributed by atoms with van der Waals surface area (Å²) in [5.74, 6) is 2.12. The maximum atomic E-state index is 12.5. The minimum absolute atomic E-state index is 0.318. The Labute approximate surface area is 129 Å². The van der Waals surface area contributed by atoms with Crippen molar-refractivity contribution in [2.45, 2.75) is 45.3 Å². The van der Waals surface area contributed by atoms with Gasteiger partial charge in [0, 0.05) is 11.8 Å². The van der Waals surface area contributed by atoms with Gasteiger partial charge in [0.05, 0.1) is 5.56 Å². The molecular formula is C16H24F3NS. The number of rotatable bonds is 9. The highest BCUT2D eigenvalue weighted by molar-refractivity contribution is 7.99. The molecule has 0 amide bonds. The molecule has 0 radical (unpaired) electrons. The minimum Gasteiger partial charge on any atom is -0.313 e. The predicted molar refractivity (Wildman–Crippen MR) is 84.8 cm³/mol. The van der Waals surface area contributed by atoms with Gasteiger partial charge in [0.25, 0.3) is 0 Å². The van der Waals surface area contributed by atoms with Gasteiger partial charge in [0.1, 0.15) is 0 Å². The molecule has 1 aromatic carbocycles. The zero-order valence-corrected chi connectivity index (χ0v) is 13.5. The molecule has 0 aromatic heterocycles. The summed E-state index contributed by atoms with van der Waals surface area (Å²) in [5, 5.41) is 3.48. The molecule has 0 spiro atoms. The van der Waals surface area contributed by atoms with Gasteiger partial charge < -0.3 is 5.32 Å². The van der Waals surface area contributed by atoms with E-state index in [2.05, 4.69) is 19.2 Å². The largest absolute Gasteiger partial charge is 0.416 e. The minimum atomic E-state index is -4.25. The molecule has 1 atom stereocenters. The smallest absolute Gasteiger partial charge is 0.313 e. The van der Waals surface area contributed by atoms with Crippen LogP contribution in [0.15, 0.2) is 24.3 Å². The second-order valence-electron chi connectivity index (χ2n) is 5.12. The number of nitrogens with one attached hydrogen (secondary N) is 1. The summed E-state index contributed by atoms with van der Waals surface area (Å²) in [6.07, 6.45) is -1.28. The number of hydrogen-bond acceptors (Lipinski definition) is 2. The third kappa shape index (κ3) is 7.23. The first kappa shape index (κ1) is 18.4. The summed E-state index contributed by atoms with van der Waals surface area (Å²) in [7, 11) is 0. The lowest BCUT2D eigenvalue weighted by Crippen LogP contribution is -2.34. The first-order chi connectivity index (χ1) is 9.97. The van der Waals surface area contributed by atoms with E-state index in [0.717, 1.165) is 42.9 Å². The molecule has 1 aromatic rings. The van der Waals surface area contributed by atoms with E-state index in [1.54, 1.807) is 12.1 Å². The van der Waals surface area contributed by atoms with E-state index in [1.165, 1.54) is 12.1 Å². The third-order valence-corrected chi connectivity index (χ3v) is 4.45. The lowest BCUT2D eigenvalue weighted by Gasteiger charge is -2.18. The fourth-order valence-corrected chi connectivity index (χ4v) is 3.00. The predicted octanol–water partition coefficient (Wildman–Crippen LogP) is 4.76. The summed E-state index contributed by atoms with van der Waals surface area (Å²) in [6.45, 7) is 5.21. The second kappa shape index (κ2) is 9.36. The van der Waals surface area contributed by atoms with Crippen molar-refractivity contribution in [3.05, 3.63) is 35.4 Å². The van der Waals surface area contributed by atoms with E-state index in [9.17, 15) is 13.2 Å². The Balaban J connectivity index is 2.60. The Morgan fingerprint density at radius 3 is 2.29 bits per heavy atom. The van der Waals surface area contributed by atoms with Crippen molar-refractivity contribution in [2.24, 2.45) is 0 Å². The van der Waals surface area contributed by atoms with Crippen molar-refractivity contribution in [1.82, 2.24) is 5.32 Å². The van der Waals surface area contributed by atoms with Crippen molar-refractivity contribution in [2.75, 3.05) is 18.1 Å². The van der Waals surface area contributed by atoms with Crippen LogP contribution in [0.5, 0.6) is 0 Å². The number of hydrogen-bond donors (Lipinski definition) is 1. The normalized spacial score (nSPS) is 13.4. The van der Waals surface area contributed by atoms with Crippen LogP contribution in [0.1, 0.15) is 37.8 Å². The van der Waals surface area contributed by atoms with Crippen LogP contribution in [-0.4, -0.2) is 24.1 Å². The maximum Gasteiger partial charge on any atom is 0.416 e. The first-order valence-electron chi connectivity index (χ1n) is 7.44. The van der Waals surface area contributed by atoms with Crippen LogP contribution < -0.4 is 5.32 Å². The lowest BCUT2D eigenvalue weighted by atomic mass is 10.0. The Morgan fingerprint density at radius 2 is 1.76 bits per heavy atom. The molecular weight excluding hydrogens is 295 g/mol. The zero-order valence-electron chi connectivity index (χ0n) is 12.7. The number of halogens is 3. The van der Waals surface area contributed by atoms with Crippen LogP contribution in [0, 0.1) is 0 Å². The molecule has 1 rings (SSSR count). The van der Waals surface area contributed by atoms with Gasteiger partial charge in [0.2, 0.25) is 0 Å². The van der Waals surface area contributed by atoms with Gasteiger partial charge in [0.15, 0.2) is 0 Å². The fraction of sp³-hybridized carbons (Fsp3) is 0.625. The molecule has 0 saturated carbocycles. The highest BCUT2D eigenvalue weighted by Crippen LogP contribution is 2.29. The summed E-state index contributed by atoms with van der Waals surface area (Å²) in [5.41, 5.74) is 0.373. The van der Waals surface area contributed by atoms with Crippen molar-refractivity contribution >= 4 is 11.8 Å². The zero-order chi connectivity index (χ0) is 15.7. The standard InChI is InChI=1S/C16H24F3NS/c1-3-9-20-15(12-21-10-4-2)11-13-5-7-14(8-6-13)16(17,18)19/h5-8,15,20H,3-4,9-12H2,1-2H3. The monoisotopic (exact) mass is 319 g/mol. The molecule has 1 nitrogen and oxygen atoms in total. The number of benzene rings is 1. The first-order valence-corrected chi connectivity index (χ1v) is 8.60. The molecule has 0 aliphatic rings. The van der Waals surface area contributed by atoms with Crippen molar-refractivity contribution in [3.63, 3.8) is 0 Å². The third-order valence-electron chi connectivity index (χ3n) is 3.11. The van der Waals surface area contributed by atoms with Crippen molar-refractivity contribution in [3.8, 4) is 0 Å². The van der Waals surface area contributed by atoms with E-state index >= 15 is 0 Å². The highest BCUT2D eigenvalue weighted by atomic mass is 32.2. The molecule has 0 saturated heterocycles. The summed E-state index contributed by atoms with van der Waals surface area (Å²) in [4.78, 5) is 0.